The lowest BCUT2D eigenvalue weighted by Crippen LogP contribution is -2.36. The minimum Gasteiger partial charge on any atom is -0.379 e. The van der Waals surface area contributed by atoms with E-state index >= 15 is 0 Å². The van der Waals surface area contributed by atoms with E-state index < -0.39 is 10.8 Å². The van der Waals surface area contributed by atoms with Crippen molar-refractivity contribution in [2.75, 3.05) is 11.9 Å². The SMILES string of the molecule is CCC1(CNc2cc(C(N)=O)ccc2[N+](=O)[O-])CCC1. The summed E-state index contributed by atoms with van der Waals surface area (Å²) in [6, 6.07) is 4.16. The second kappa shape index (κ2) is 5.48. The van der Waals surface area contributed by atoms with E-state index in [9.17, 15) is 14.9 Å². The van der Waals surface area contributed by atoms with Gasteiger partial charge in [-0.15, -0.1) is 0 Å². The molecule has 6 heteroatoms. The predicted octanol–water partition coefficient (Wildman–Crippen LogP) is 2.69. The molecule has 0 saturated heterocycles. The summed E-state index contributed by atoms with van der Waals surface area (Å²) in [5, 5.41) is 14.2. The highest BCUT2D eigenvalue weighted by atomic mass is 16.6. The van der Waals surface area contributed by atoms with E-state index in [0.29, 0.717) is 12.2 Å². The van der Waals surface area contributed by atoms with Gasteiger partial charge >= 0.3 is 0 Å². The number of hydrogen-bond acceptors (Lipinski definition) is 4. The Balaban J connectivity index is 2.21. The molecule has 1 aliphatic carbocycles. The van der Waals surface area contributed by atoms with E-state index in [1.54, 1.807) is 0 Å². The van der Waals surface area contributed by atoms with Crippen LogP contribution in [0.3, 0.4) is 0 Å². The zero-order valence-electron chi connectivity index (χ0n) is 11.5. The summed E-state index contributed by atoms with van der Waals surface area (Å²) < 4.78 is 0. The topological polar surface area (TPSA) is 98.3 Å². The highest BCUT2D eigenvalue weighted by molar-refractivity contribution is 5.94. The monoisotopic (exact) mass is 277 g/mol. The molecule has 108 valence electrons. The van der Waals surface area contributed by atoms with Crippen molar-refractivity contribution in [3.05, 3.63) is 33.9 Å². The first-order valence-corrected chi connectivity index (χ1v) is 6.79. The average Bonchev–Trinajstić information content (AvgIpc) is 2.37. The van der Waals surface area contributed by atoms with Gasteiger partial charge in [-0.3, -0.25) is 14.9 Å². The number of nitro groups is 1. The fraction of sp³-hybridized carbons (Fsp3) is 0.500. The number of benzene rings is 1. The van der Waals surface area contributed by atoms with E-state index in [1.165, 1.54) is 24.6 Å². The smallest absolute Gasteiger partial charge is 0.292 e. The molecule has 1 saturated carbocycles. The summed E-state index contributed by atoms with van der Waals surface area (Å²) in [5.41, 5.74) is 6.07. The van der Waals surface area contributed by atoms with Crippen LogP contribution in [0.2, 0.25) is 0 Å². The largest absolute Gasteiger partial charge is 0.379 e. The minimum atomic E-state index is -0.586. The van der Waals surface area contributed by atoms with Crippen molar-refractivity contribution >= 4 is 17.3 Å². The molecule has 1 aliphatic rings. The number of primary amides is 1. The third-order valence-corrected chi connectivity index (χ3v) is 4.30. The van der Waals surface area contributed by atoms with E-state index in [1.807, 2.05) is 0 Å². The fourth-order valence-electron chi connectivity index (χ4n) is 2.60. The lowest BCUT2D eigenvalue weighted by atomic mass is 9.67. The Hall–Kier alpha value is -2.11. The van der Waals surface area contributed by atoms with Crippen molar-refractivity contribution in [3.63, 3.8) is 0 Å². The van der Waals surface area contributed by atoms with Crippen LogP contribution in [0.25, 0.3) is 0 Å². The Kier molecular flexibility index (Phi) is 3.92. The molecule has 0 aliphatic heterocycles. The molecule has 1 aromatic carbocycles. The first kappa shape index (κ1) is 14.3. The van der Waals surface area contributed by atoms with Gasteiger partial charge in [-0.05, 0) is 36.8 Å². The number of anilines is 1. The molecular formula is C14H19N3O3. The summed E-state index contributed by atoms with van der Waals surface area (Å²) in [6.45, 7) is 2.82. The maximum Gasteiger partial charge on any atom is 0.292 e. The van der Waals surface area contributed by atoms with Gasteiger partial charge in [0.1, 0.15) is 5.69 Å². The van der Waals surface area contributed by atoms with Gasteiger partial charge in [-0.25, -0.2) is 0 Å². The molecule has 3 N–H and O–H groups in total. The molecule has 0 aromatic heterocycles. The van der Waals surface area contributed by atoms with Crippen molar-refractivity contribution in [3.8, 4) is 0 Å². The van der Waals surface area contributed by atoms with Crippen molar-refractivity contribution in [1.29, 1.82) is 0 Å². The number of amides is 1. The first-order valence-electron chi connectivity index (χ1n) is 6.79. The molecule has 1 aromatic rings. The Morgan fingerprint density at radius 2 is 2.20 bits per heavy atom. The van der Waals surface area contributed by atoms with Crippen molar-refractivity contribution in [1.82, 2.24) is 0 Å². The maximum absolute atomic E-state index is 11.2. The summed E-state index contributed by atoms with van der Waals surface area (Å²) in [6.07, 6.45) is 4.53. The highest BCUT2D eigenvalue weighted by Crippen LogP contribution is 2.44. The summed E-state index contributed by atoms with van der Waals surface area (Å²) >= 11 is 0. The lowest BCUT2D eigenvalue weighted by molar-refractivity contribution is -0.384. The number of nitro benzene ring substituents is 1. The van der Waals surface area contributed by atoms with Crippen LogP contribution in [0.5, 0.6) is 0 Å². The molecular weight excluding hydrogens is 258 g/mol. The van der Waals surface area contributed by atoms with Gasteiger partial charge in [0.15, 0.2) is 0 Å². The lowest BCUT2D eigenvalue weighted by Gasteiger charge is -2.41. The quantitative estimate of drug-likeness (QED) is 0.617. The second-order valence-electron chi connectivity index (χ2n) is 5.41. The maximum atomic E-state index is 11.2. The average molecular weight is 277 g/mol. The number of rotatable bonds is 6. The Labute approximate surface area is 117 Å². The van der Waals surface area contributed by atoms with E-state index in [4.69, 9.17) is 5.73 Å². The van der Waals surface area contributed by atoms with Gasteiger partial charge in [-0.2, -0.15) is 0 Å². The summed E-state index contributed by atoms with van der Waals surface area (Å²) in [7, 11) is 0. The van der Waals surface area contributed by atoms with Gasteiger partial charge in [-0.1, -0.05) is 13.3 Å². The zero-order valence-corrected chi connectivity index (χ0v) is 11.5. The van der Waals surface area contributed by atoms with Crippen LogP contribution in [0.1, 0.15) is 43.0 Å². The van der Waals surface area contributed by atoms with E-state index in [-0.39, 0.29) is 16.7 Å². The number of carbonyl (C=O) groups excluding carboxylic acids is 1. The van der Waals surface area contributed by atoms with Gasteiger partial charge in [0.2, 0.25) is 5.91 Å². The van der Waals surface area contributed by atoms with Crippen LogP contribution in [0.4, 0.5) is 11.4 Å². The standard InChI is InChI=1S/C14H19N3O3/c1-2-14(6-3-7-14)9-16-11-8-10(13(15)18)4-5-12(11)17(19)20/h4-5,8,16H,2-3,6-7,9H2,1H3,(H2,15,18). The van der Waals surface area contributed by atoms with Crippen molar-refractivity contribution in [2.24, 2.45) is 11.1 Å². The van der Waals surface area contributed by atoms with Crippen LogP contribution in [-0.4, -0.2) is 17.4 Å². The van der Waals surface area contributed by atoms with Crippen LogP contribution >= 0.6 is 0 Å². The van der Waals surface area contributed by atoms with Crippen molar-refractivity contribution in [2.45, 2.75) is 32.6 Å². The van der Waals surface area contributed by atoms with Gasteiger partial charge < -0.3 is 11.1 Å². The molecule has 1 fully saturated rings. The molecule has 1 amide bonds. The highest BCUT2D eigenvalue weighted by Gasteiger charge is 2.35. The second-order valence-corrected chi connectivity index (χ2v) is 5.41. The third-order valence-electron chi connectivity index (χ3n) is 4.30. The molecule has 0 radical (unpaired) electrons. The van der Waals surface area contributed by atoms with Crippen LogP contribution < -0.4 is 11.1 Å². The molecule has 0 spiro atoms. The molecule has 0 bridgehead atoms. The van der Waals surface area contributed by atoms with E-state index in [0.717, 1.165) is 19.3 Å². The Bertz CT molecular complexity index is 533. The molecule has 20 heavy (non-hydrogen) atoms. The molecule has 6 nitrogen and oxygen atoms in total. The normalized spacial score (nSPS) is 16.2. The van der Waals surface area contributed by atoms with Gasteiger partial charge in [0.05, 0.1) is 4.92 Å². The predicted molar refractivity (Wildman–Crippen MR) is 76.7 cm³/mol. The van der Waals surface area contributed by atoms with Crippen LogP contribution in [-0.2, 0) is 0 Å². The number of nitrogens with zero attached hydrogens (tertiary/aromatic N) is 1. The molecule has 0 atom stereocenters. The number of nitrogens with one attached hydrogen (secondary N) is 1. The Morgan fingerprint density at radius 1 is 1.50 bits per heavy atom. The molecule has 0 unspecified atom stereocenters. The molecule has 2 rings (SSSR count). The van der Waals surface area contributed by atoms with Crippen LogP contribution in [0, 0.1) is 15.5 Å². The number of carbonyl (C=O) groups is 1. The minimum absolute atomic E-state index is 0.0272. The zero-order chi connectivity index (χ0) is 14.8. The third kappa shape index (κ3) is 2.74. The first-order chi connectivity index (χ1) is 9.47. The van der Waals surface area contributed by atoms with Gasteiger partial charge in [0, 0.05) is 18.2 Å². The van der Waals surface area contributed by atoms with Crippen LogP contribution in [0.15, 0.2) is 18.2 Å². The summed E-state index contributed by atoms with van der Waals surface area (Å²) in [5.74, 6) is -0.586. The van der Waals surface area contributed by atoms with Gasteiger partial charge in [0.25, 0.3) is 5.69 Å². The van der Waals surface area contributed by atoms with E-state index in [2.05, 4.69) is 12.2 Å². The number of nitrogens with two attached hydrogens (primary N) is 1. The fourth-order valence-corrected chi connectivity index (χ4v) is 2.60. The Morgan fingerprint density at radius 3 is 2.65 bits per heavy atom. The van der Waals surface area contributed by atoms with Crippen molar-refractivity contribution < 1.29 is 9.72 Å². The molecule has 0 heterocycles. The number of hydrogen-bond donors (Lipinski definition) is 2. The summed E-state index contributed by atoms with van der Waals surface area (Å²) in [4.78, 5) is 21.8.